The van der Waals surface area contributed by atoms with Gasteiger partial charge in [0.25, 0.3) is 0 Å². The maximum absolute atomic E-state index is 11.5. The smallest absolute Gasteiger partial charge is 0.303 e. The van der Waals surface area contributed by atoms with Crippen molar-refractivity contribution < 1.29 is 14.7 Å². The molecule has 1 rings (SSSR count). The first-order valence-corrected chi connectivity index (χ1v) is 5.97. The maximum Gasteiger partial charge on any atom is 0.303 e. The van der Waals surface area contributed by atoms with Crippen molar-refractivity contribution in [3.63, 3.8) is 0 Å². The molecule has 17 heavy (non-hydrogen) atoms. The van der Waals surface area contributed by atoms with Crippen LogP contribution in [0.2, 0.25) is 0 Å². The second-order valence-corrected chi connectivity index (χ2v) is 4.92. The van der Waals surface area contributed by atoms with Gasteiger partial charge in [0.2, 0.25) is 5.91 Å². The lowest BCUT2D eigenvalue weighted by molar-refractivity contribution is -0.137. The Kier molecular flexibility index (Phi) is 5.05. The zero-order chi connectivity index (χ0) is 12.8. The van der Waals surface area contributed by atoms with Crippen LogP contribution in [0.3, 0.4) is 0 Å². The number of aliphatic carboxylic acids is 1. The standard InChI is InChI=1S/C10H15N3O3S/c1-6-12-4-7(17-6)5-13-10(16)8(11)2-3-9(14)15/h4,8H,2-3,5,11H2,1H3,(H,13,16)(H,14,15). The fourth-order valence-electron chi connectivity index (χ4n) is 1.20. The molecule has 0 aliphatic carbocycles. The highest BCUT2D eigenvalue weighted by Gasteiger charge is 2.14. The van der Waals surface area contributed by atoms with Crippen molar-refractivity contribution in [2.45, 2.75) is 32.4 Å². The first kappa shape index (κ1) is 13.6. The highest BCUT2D eigenvalue weighted by atomic mass is 32.1. The van der Waals surface area contributed by atoms with E-state index < -0.39 is 12.0 Å². The number of thiazole rings is 1. The fraction of sp³-hybridized carbons (Fsp3) is 0.500. The number of nitrogens with one attached hydrogen (secondary N) is 1. The molecule has 0 bridgehead atoms. The summed E-state index contributed by atoms with van der Waals surface area (Å²) in [6.07, 6.45) is 1.74. The highest BCUT2D eigenvalue weighted by molar-refractivity contribution is 7.11. The number of hydrogen-bond donors (Lipinski definition) is 3. The average molecular weight is 257 g/mol. The average Bonchev–Trinajstić information content (AvgIpc) is 2.68. The van der Waals surface area contributed by atoms with E-state index in [-0.39, 0.29) is 18.7 Å². The van der Waals surface area contributed by atoms with Gasteiger partial charge in [-0.15, -0.1) is 11.3 Å². The summed E-state index contributed by atoms with van der Waals surface area (Å²) < 4.78 is 0. The first-order valence-electron chi connectivity index (χ1n) is 5.15. The lowest BCUT2D eigenvalue weighted by atomic mass is 10.1. The number of carboxylic acids is 1. The minimum Gasteiger partial charge on any atom is -0.481 e. The van der Waals surface area contributed by atoms with Crippen LogP contribution in [0, 0.1) is 6.92 Å². The second kappa shape index (κ2) is 6.31. The van der Waals surface area contributed by atoms with E-state index in [1.807, 2.05) is 6.92 Å². The van der Waals surface area contributed by atoms with Crippen LogP contribution in [0.25, 0.3) is 0 Å². The highest BCUT2D eigenvalue weighted by Crippen LogP contribution is 2.10. The molecule has 1 unspecified atom stereocenters. The minimum atomic E-state index is -0.952. The van der Waals surface area contributed by atoms with Crippen LogP contribution in [0.1, 0.15) is 22.7 Å². The number of nitrogens with zero attached hydrogens (tertiary/aromatic N) is 1. The maximum atomic E-state index is 11.5. The van der Waals surface area contributed by atoms with Gasteiger partial charge in [0.1, 0.15) is 0 Å². The molecular weight excluding hydrogens is 242 g/mol. The van der Waals surface area contributed by atoms with Crippen molar-refractivity contribution in [2.75, 3.05) is 0 Å². The molecule has 0 aliphatic heterocycles. The van der Waals surface area contributed by atoms with Gasteiger partial charge in [0.05, 0.1) is 17.6 Å². The quantitative estimate of drug-likeness (QED) is 0.678. The van der Waals surface area contributed by atoms with Crippen LogP contribution in [0.15, 0.2) is 6.20 Å². The largest absolute Gasteiger partial charge is 0.481 e. The third-order valence-corrected chi connectivity index (χ3v) is 3.02. The Balaban J connectivity index is 2.31. The van der Waals surface area contributed by atoms with Gasteiger partial charge in [0, 0.05) is 17.5 Å². The van der Waals surface area contributed by atoms with Crippen molar-refractivity contribution in [3.05, 3.63) is 16.1 Å². The molecule has 7 heteroatoms. The molecule has 0 fully saturated rings. The third-order valence-electron chi connectivity index (χ3n) is 2.11. The summed E-state index contributed by atoms with van der Waals surface area (Å²) in [5.41, 5.74) is 5.55. The summed E-state index contributed by atoms with van der Waals surface area (Å²) in [5, 5.41) is 12.0. The molecule has 0 aromatic carbocycles. The molecule has 1 heterocycles. The number of rotatable bonds is 6. The van der Waals surface area contributed by atoms with Gasteiger partial charge < -0.3 is 16.2 Å². The summed E-state index contributed by atoms with van der Waals surface area (Å²) in [6, 6.07) is -0.778. The van der Waals surface area contributed by atoms with Crippen LogP contribution in [-0.2, 0) is 16.1 Å². The van der Waals surface area contributed by atoms with Gasteiger partial charge in [-0.1, -0.05) is 0 Å². The molecule has 1 aromatic heterocycles. The zero-order valence-electron chi connectivity index (χ0n) is 9.47. The Morgan fingerprint density at radius 1 is 1.65 bits per heavy atom. The van der Waals surface area contributed by atoms with Gasteiger partial charge in [-0.3, -0.25) is 9.59 Å². The summed E-state index contributed by atoms with van der Waals surface area (Å²) in [6.45, 7) is 2.26. The van der Waals surface area contributed by atoms with E-state index in [2.05, 4.69) is 10.3 Å². The lowest BCUT2D eigenvalue weighted by Gasteiger charge is -2.10. The molecule has 1 amide bonds. The van der Waals surface area contributed by atoms with E-state index in [1.165, 1.54) is 11.3 Å². The number of amides is 1. The van der Waals surface area contributed by atoms with E-state index >= 15 is 0 Å². The number of carboxylic acid groups (broad SMARTS) is 1. The van der Waals surface area contributed by atoms with Crippen LogP contribution in [-0.4, -0.2) is 28.0 Å². The monoisotopic (exact) mass is 257 g/mol. The Morgan fingerprint density at radius 3 is 2.88 bits per heavy atom. The Morgan fingerprint density at radius 2 is 2.35 bits per heavy atom. The predicted molar refractivity (Wildman–Crippen MR) is 63.5 cm³/mol. The molecule has 0 saturated carbocycles. The van der Waals surface area contributed by atoms with Gasteiger partial charge in [-0.05, 0) is 13.3 Å². The van der Waals surface area contributed by atoms with Crippen molar-refractivity contribution in [1.29, 1.82) is 0 Å². The molecule has 1 atom stereocenters. The van der Waals surface area contributed by atoms with Crippen molar-refractivity contribution in [1.82, 2.24) is 10.3 Å². The predicted octanol–water partition coefficient (Wildman–Crippen LogP) is 0.260. The van der Waals surface area contributed by atoms with Crippen LogP contribution in [0.5, 0.6) is 0 Å². The molecule has 6 nitrogen and oxygen atoms in total. The fourth-order valence-corrected chi connectivity index (χ4v) is 1.94. The zero-order valence-corrected chi connectivity index (χ0v) is 10.3. The van der Waals surface area contributed by atoms with E-state index in [0.717, 1.165) is 9.88 Å². The number of carbonyl (C=O) groups excluding carboxylic acids is 1. The molecule has 1 aromatic rings. The third kappa shape index (κ3) is 4.92. The van der Waals surface area contributed by atoms with Crippen LogP contribution >= 0.6 is 11.3 Å². The minimum absolute atomic E-state index is 0.103. The van der Waals surface area contributed by atoms with Crippen molar-refractivity contribution in [3.8, 4) is 0 Å². The molecular formula is C10H15N3O3S. The van der Waals surface area contributed by atoms with Crippen LogP contribution < -0.4 is 11.1 Å². The van der Waals surface area contributed by atoms with E-state index in [0.29, 0.717) is 6.54 Å². The number of aryl methyl sites for hydroxylation is 1. The van der Waals surface area contributed by atoms with E-state index in [4.69, 9.17) is 10.8 Å². The summed E-state index contributed by atoms with van der Waals surface area (Å²) in [4.78, 5) is 26.8. The number of nitrogens with two attached hydrogens (primary N) is 1. The molecule has 94 valence electrons. The SMILES string of the molecule is Cc1ncc(CNC(=O)C(N)CCC(=O)O)s1. The van der Waals surface area contributed by atoms with Gasteiger partial charge in [-0.25, -0.2) is 4.98 Å². The van der Waals surface area contributed by atoms with Crippen molar-refractivity contribution >= 4 is 23.2 Å². The van der Waals surface area contributed by atoms with Crippen LogP contribution in [0.4, 0.5) is 0 Å². The molecule has 0 saturated heterocycles. The lowest BCUT2D eigenvalue weighted by Crippen LogP contribution is -2.40. The molecule has 0 radical (unpaired) electrons. The Hall–Kier alpha value is -1.47. The molecule has 4 N–H and O–H groups in total. The molecule has 0 spiro atoms. The Labute approximate surface area is 103 Å². The second-order valence-electron chi connectivity index (χ2n) is 3.60. The van der Waals surface area contributed by atoms with Gasteiger partial charge >= 0.3 is 5.97 Å². The number of carbonyl (C=O) groups is 2. The van der Waals surface area contributed by atoms with Gasteiger partial charge in [-0.2, -0.15) is 0 Å². The molecule has 0 aliphatic rings. The van der Waals surface area contributed by atoms with E-state index in [1.54, 1.807) is 6.20 Å². The normalized spacial score (nSPS) is 12.1. The topological polar surface area (TPSA) is 105 Å². The van der Waals surface area contributed by atoms with Crippen molar-refractivity contribution in [2.24, 2.45) is 5.73 Å². The first-order chi connectivity index (χ1) is 7.99. The number of hydrogen-bond acceptors (Lipinski definition) is 5. The summed E-state index contributed by atoms with van der Waals surface area (Å²) in [7, 11) is 0. The summed E-state index contributed by atoms with van der Waals surface area (Å²) in [5.74, 6) is -1.29. The number of aromatic nitrogens is 1. The van der Waals surface area contributed by atoms with Gasteiger partial charge in [0.15, 0.2) is 0 Å². The van der Waals surface area contributed by atoms with E-state index in [9.17, 15) is 9.59 Å². The summed E-state index contributed by atoms with van der Waals surface area (Å²) >= 11 is 1.50. The Bertz CT molecular complexity index is 405.